The van der Waals surface area contributed by atoms with Crippen molar-refractivity contribution < 1.29 is 9.47 Å². The number of hydrogen-bond donors (Lipinski definition) is 1. The zero-order chi connectivity index (χ0) is 13.9. The highest BCUT2D eigenvalue weighted by atomic mass is 16.5. The highest BCUT2D eigenvalue weighted by Crippen LogP contribution is 2.35. The minimum atomic E-state index is 0.209. The normalized spacial score (nSPS) is 13.1. The molecule has 0 amide bonds. The van der Waals surface area contributed by atoms with E-state index < -0.39 is 0 Å². The summed E-state index contributed by atoms with van der Waals surface area (Å²) in [4.78, 5) is 0. The third kappa shape index (κ3) is 3.31. The van der Waals surface area contributed by atoms with Gasteiger partial charge >= 0.3 is 0 Å². The van der Waals surface area contributed by atoms with Crippen LogP contribution in [0.4, 0.5) is 5.69 Å². The van der Waals surface area contributed by atoms with E-state index in [0.717, 1.165) is 22.7 Å². The van der Waals surface area contributed by atoms with Crippen molar-refractivity contribution in [1.82, 2.24) is 0 Å². The largest absolute Gasteiger partial charge is 0.493 e. The number of benzene rings is 1. The van der Waals surface area contributed by atoms with E-state index in [1.807, 2.05) is 13.0 Å². The van der Waals surface area contributed by atoms with Crippen molar-refractivity contribution >= 4 is 5.69 Å². The molecule has 0 spiro atoms. The predicted octanol–water partition coefficient (Wildman–Crippen LogP) is 3.86. The van der Waals surface area contributed by atoms with Crippen molar-refractivity contribution in [1.29, 1.82) is 0 Å². The Morgan fingerprint density at radius 1 is 1.11 bits per heavy atom. The second-order valence-electron chi connectivity index (χ2n) is 5.76. The molecule has 1 N–H and O–H groups in total. The van der Waals surface area contributed by atoms with Crippen LogP contribution in [-0.2, 0) is 0 Å². The first-order valence-corrected chi connectivity index (χ1v) is 6.28. The van der Waals surface area contributed by atoms with Crippen molar-refractivity contribution in [3.05, 3.63) is 17.7 Å². The molecular weight excluding hydrogens is 226 g/mol. The summed E-state index contributed by atoms with van der Waals surface area (Å²) in [5.74, 6) is 1.56. The van der Waals surface area contributed by atoms with Crippen LogP contribution >= 0.6 is 0 Å². The van der Waals surface area contributed by atoms with Gasteiger partial charge in [-0.3, -0.25) is 0 Å². The summed E-state index contributed by atoms with van der Waals surface area (Å²) in [6.45, 7) is 10.9. The molecule has 0 fully saturated rings. The molecule has 1 atom stereocenters. The maximum absolute atomic E-state index is 5.36. The average molecular weight is 251 g/mol. The summed E-state index contributed by atoms with van der Waals surface area (Å²) >= 11 is 0. The Kier molecular flexibility index (Phi) is 4.49. The lowest BCUT2D eigenvalue weighted by Gasteiger charge is -2.29. The SMILES string of the molecule is COc1cc(NC(C)C(C)(C)C)cc(C)c1OC. The molecule has 1 unspecified atom stereocenters. The topological polar surface area (TPSA) is 30.5 Å². The Hall–Kier alpha value is -1.38. The van der Waals surface area contributed by atoms with Gasteiger partial charge in [-0.25, -0.2) is 0 Å². The molecule has 0 saturated heterocycles. The minimum absolute atomic E-state index is 0.209. The van der Waals surface area contributed by atoms with E-state index in [9.17, 15) is 0 Å². The van der Waals surface area contributed by atoms with Crippen LogP contribution in [0.2, 0.25) is 0 Å². The number of ether oxygens (including phenoxy) is 2. The molecule has 18 heavy (non-hydrogen) atoms. The summed E-state index contributed by atoms with van der Waals surface area (Å²) in [5, 5.41) is 3.51. The summed E-state index contributed by atoms with van der Waals surface area (Å²) < 4.78 is 10.7. The summed E-state index contributed by atoms with van der Waals surface area (Å²) in [6, 6.07) is 4.44. The Bertz CT molecular complexity index is 408. The Morgan fingerprint density at radius 2 is 1.72 bits per heavy atom. The van der Waals surface area contributed by atoms with Crippen molar-refractivity contribution in [3.8, 4) is 11.5 Å². The molecule has 0 aliphatic heterocycles. The van der Waals surface area contributed by atoms with Crippen LogP contribution in [0.25, 0.3) is 0 Å². The van der Waals surface area contributed by atoms with Crippen LogP contribution in [-0.4, -0.2) is 20.3 Å². The second kappa shape index (κ2) is 5.51. The van der Waals surface area contributed by atoms with Gasteiger partial charge in [0.2, 0.25) is 0 Å². The van der Waals surface area contributed by atoms with E-state index in [1.165, 1.54) is 0 Å². The van der Waals surface area contributed by atoms with Gasteiger partial charge in [-0.1, -0.05) is 20.8 Å². The van der Waals surface area contributed by atoms with Gasteiger partial charge in [0.1, 0.15) is 0 Å². The van der Waals surface area contributed by atoms with Crippen LogP contribution in [0.3, 0.4) is 0 Å². The van der Waals surface area contributed by atoms with Crippen molar-refractivity contribution in [2.45, 2.75) is 40.7 Å². The van der Waals surface area contributed by atoms with Gasteiger partial charge in [0, 0.05) is 17.8 Å². The summed E-state index contributed by atoms with van der Waals surface area (Å²) in [6.07, 6.45) is 0. The van der Waals surface area contributed by atoms with Crippen molar-refractivity contribution in [2.75, 3.05) is 19.5 Å². The van der Waals surface area contributed by atoms with Gasteiger partial charge < -0.3 is 14.8 Å². The average Bonchev–Trinajstić information content (AvgIpc) is 2.26. The molecule has 0 bridgehead atoms. The van der Waals surface area contributed by atoms with Gasteiger partial charge in [0.05, 0.1) is 14.2 Å². The van der Waals surface area contributed by atoms with E-state index in [-0.39, 0.29) is 5.41 Å². The molecule has 0 radical (unpaired) electrons. The Balaban J connectivity index is 3.02. The number of methoxy groups -OCH3 is 2. The molecule has 0 aromatic heterocycles. The van der Waals surface area contributed by atoms with Gasteiger partial charge in [0.15, 0.2) is 11.5 Å². The molecule has 3 nitrogen and oxygen atoms in total. The minimum Gasteiger partial charge on any atom is -0.493 e. The molecule has 0 saturated carbocycles. The smallest absolute Gasteiger partial charge is 0.163 e. The molecule has 0 aliphatic carbocycles. The summed E-state index contributed by atoms with van der Waals surface area (Å²) in [7, 11) is 3.32. The lowest BCUT2D eigenvalue weighted by molar-refractivity contribution is 0.351. The lowest BCUT2D eigenvalue weighted by Crippen LogP contribution is -2.30. The predicted molar refractivity (Wildman–Crippen MR) is 76.8 cm³/mol. The van der Waals surface area contributed by atoms with E-state index in [2.05, 4.69) is 39.1 Å². The fraction of sp³-hybridized carbons (Fsp3) is 0.600. The molecule has 1 aromatic carbocycles. The van der Waals surface area contributed by atoms with Crippen LogP contribution in [0.15, 0.2) is 12.1 Å². The fourth-order valence-electron chi connectivity index (χ4n) is 1.70. The quantitative estimate of drug-likeness (QED) is 0.881. The standard InChI is InChI=1S/C15H25NO2/c1-10-8-12(16-11(2)15(3,4)5)9-13(17-6)14(10)18-7/h8-9,11,16H,1-7H3. The fourth-order valence-corrected chi connectivity index (χ4v) is 1.70. The molecule has 3 heteroatoms. The monoisotopic (exact) mass is 251 g/mol. The number of aryl methyl sites for hydroxylation is 1. The third-order valence-corrected chi connectivity index (χ3v) is 3.35. The molecule has 1 aromatic rings. The number of rotatable bonds is 4. The number of nitrogens with one attached hydrogen (secondary N) is 1. The van der Waals surface area contributed by atoms with Crippen LogP contribution in [0.5, 0.6) is 11.5 Å². The van der Waals surface area contributed by atoms with Gasteiger partial charge in [0.25, 0.3) is 0 Å². The first-order chi connectivity index (χ1) is 8.29. The molecule has 1 rings (SSSR count). The van der Waals surface area contributed by atoms with Gasteiger partial charge in [-0.2, -0.15) is 0 Å². The Morgan fingerprint density at radius 3 is 2.17 bits per heavy atom. The van der Waals surface area contributed by atoms with Crippen molar-refractivity contribution in [3.63, 3.8) is 0 Å². The Labute approximate surface area is 110 Å². The molecule has 0 heterocycles. The first-order valence-electron chi connectivity index (χ1n) is 6.28. The van der Waals surface area contributed by atoms with Crippen LogP contribution < -0.4 is 14.8 Å². The maximum atomic E-state index is 5.36. The van der Waals surface area contributed by atoms with Gasteiger partial charge in [-0.05, 0) is 30.9 Å². The zero-order valence-corrected chi connectivity index (χ0v) is 12.5. The highest BCUT2D eigenvalue weighted by molar-refractivity contribution is 5.59. The zero-order valence-electron chi connectivity index (χ0n) is 12.5. The molecule has 0 aliphatic rings. The lowest BCUT2D eigenvalue weighted by atomic mass is 9.88. The second-order valence-corrected chi connectivity index (χ2v) is 5.76. The van der Waals surface area contributed by atoms with Gasteiger partial charge in [-0.15, -0.1) is 0 Å². The highest BCUT2D eigenvalue weighted by Gasteiger charge is 2.20. The maximum Gasteiger partial charge on any atom is 0.163 e. The van der Waals surface area contributed by atoms with E-state index in [0.29, 0.717) is 6.04 Å². The van der Waals surface area contributed by atoms with Crippen LogP contribution in [0.1, 0.15) is 33.3 Å². The van der Waals surface area contributed by atoms with E-state index >= 15 is 0 Å². The van der Waals surface area contributed by atoms with Crippen molar-refractivity contribution in [2.24, 2.45) is 5.41 Å². The molecule has 102 valence electrons. The summed E-state index contributed by atoms with van der Waals surface area (Å²) in [5.41, 5.74) is 2.34. The third-order valence-electron chi connectivity index (χ3n) is 3.35. The number of anilines is 1. The molecular formula is C15H25NO2. The first kappa shape index (κ1) is 14.7. The van der Waals surface area contributed by atoms with E-state index in [4.69, 9.17) is 9.47 Å². The van der Waals surface area contributed by atoms with E-state index in [1.54, 1.807) is 14.2 Å². The van der Waals surface area contributed by atoms with Crippen LogP contribution in [0, 0.1) is 12.3 Å². The number of hydrogen-bond acceptors (Lipinski definition) is 3.